The molecule has 1 atom stereocenters. The van der Waals surface area contributed by atoms with Crippen LogP contribution in [0.15, 0.2) is 72.8 Å². The summed E-state index contributed by atoms with van der Waals surface area (Å²) in [7, 11) is 1.26. The van der Waals surface area contributed by atoms with Gasteiger partial charge in [-0.1, -0.05) is 42.5 Å². The number of nitrogens with one attached hydrogen (secondary N) is 1. The molecule has 3 aromatic rings. The van der Waals surface area contributed by atoms with Gasteiger partial charge in [0.25, 0.3) is 5.91 Å². The maximum atomic E-state index is 12.7. The van der Waals surface area contributed by atoms with Crippen molar-refractivity contribution >= 4 is 11.9 Å². The number of carbonyl (C=O) groups excluding carboxylic acids is 2. The van der Waals surface area contributed by atoms with Crippen LogP contribution in [-0.2, 0) is 16.0 Å². The van der Waals surface area contributed by atoms with E-state index in [2.05, 4.69) is 17.5 Å². The average Bonchev–Trinajstić information content (AvgIpc) is 2.83. The molecule has 31 heavy (non-hydrogen) atoms. The highest BCUT2D eigenvalue weighted by atomic mass is 16.5. The van der Waals surface area contributed by atoms with Crippen LogP contribution in [0.3, 0.4) is 0 Å². The summed E-state index contributed by atoms with van der Waals surface area (Å²) in [5.41, 5.74) is 3.72. The van der Waals surface area contributed by atoms with Crippen molar-refractivity contribution in [2.45, 2.75) is 12.5 Å². The van der Waals surface area contributed by atoms with Crippen LogP contribution in [0.25, 0.3) is 11.1 Å². The molecule has 0 unspecified atom stereocenters. The third kappa shape index (κ3) is 5.14. The first kappa shape index (κ1) is 21.3. The Morgan fingerprint density at radius 3 is 2.39 bits per heavy atom. The Hall–Kier alpha value is -4.42. The zero-order valence-electron chi connectivity index (χ0n) is 16.8. The lowest BCUT2D eigenvalue weighted by atomic mass is 9.99. The summed E-state index contributed by atoms with van der Waals surface area (Å²) in [6, 6.07) is 24.2. The monoisotopic (exact) mass is 409 g/mol. The highest BCUT2D eigenvalue weighted by Gasteiger charge is 2.23. The summed E-state index contributed by atoms with van der Waals surface area (Å²) in [5.74, 6) is -0.998. The predicted molar refractivity (Wildman–Crippen MR) is 115 cm³/mol. The van der Waals surface area contributed by atoms with Crippen LogP contribution in [0.2, 0.25) is 0 Å². The normalized spacial score (nSPS) is 10.9. The Kier molecular flexibility index (Phi) is 6.78. The molecule has 0 heterocycles. The van der Waals surface area contributed by atoms with Gasteiger partial charge in [-0.15, -0.1) is 0 Å². The first-order valence-corrected chi connectivity index (χ1v) is 9.53. The van der Waals surface area contributed by atoms with E-state index >= 15 is 0 Å². The third-order valence-electron chi connectivity index (χ3n) is 4.79. The lowest BCUT2D eigenvalue weighted by Crippen LogP contribution is -2.43. The molecule has 0 bridgehead atoms. The zero-order chi connectivity index (χ0) is 22.2. The van der Waals surface area contributed by atoms with Crippen molar-refractivity contribution < 1.29 is 14.3 Å². The number of nitriles is 2. The number of hydrogen-bond donors (Lipinski definition) is 1. The van der Waals surface area contributed by atoms with Crippen LogP contribution in [0.5, 0.6) is 0 Å². The number of esters is 1. The van der Waals surface area contributed by atoms with Gasteiger partial charge in [-0.3, -0.25) is 4.79 Å². The van der Waals surface area contributed by atoms with E-state index in [1.54, 1.807) is 60.7 Å². The van der Waals surface area contributed by atoms with Crippen molar-refractivity contribution in [3.8, 4) is 23.3 Å². The molecule has 0 aliphatic heterocycles. The fourth-order valence-electron chi connectivity index (χ4n) is 3.21. The molecule has 0 fully saturated rings. The van der Waals surface area contributed by atoms with Gasteiger partial charge in [-0.05, 0) is 47.0 Å². The molecule has 0 saturated carbocycles. The summed E-state index contributed by atoms with van der Waals surface area (Å²) in [4.78, 5) is 25.0. The van der Waals surface area contributed by atoms with Crippen LogP contribution < -0.4 is 5.32 Å². The Morgan fingerprint density at radius 2 is 1.71 bits per heavy atom. The first-order chi connectivity index (χ1) is 15.0. The molecule has 6 nitrogen and oxygen atoms in total. The lowest BCUT2D eigenvalue weighted by molar-refractivity contribution is -0.142. The molecule has 0 radical (unpaired) electrons. The number of hydrogen-bond acceptors (Lipinski definition) is 5. The number of nitrogens with zero attached hydrogens (tertiary/aromatic N) is 2. The molecule has 0 spiro atoms. The fraction of sp³-hybridized carbons (Fsp3) is 0.120. The minimum absolute atomic E-state index is 0.196. The Bertz CT molecular complexity index is 1190. The van der Waals surface area contributed by atoms with Crippen LogP contribution >= 0.6 is 0 Å². The van der Waals surface area contributed by atoms with Gasteiger partial charge in [0.15, 0.2) is 0 Å². The lowest BCUT2D eigenvalue weighted by Gasteiger charge is -2.17. The summed E-state index contributed by atoms with van der Waals surface area (Å²) in [6.45, 7) is 0. The van der Waals surface area contributed by atoms with E-state index in [9.17, 15) is 14.9 Å². The SMILES string of the molecule is COC(=O)[C@H](Cc1cccc(C#N)c1)NC(=O)c1ccc(-c2ccccc2C#N)cc1. The first-order valence-electron chi connectivity index (χ1n) is 9.53. The second kappa shape index (κ2) is 9.87. The van der Waals surface area contributed by atoms with Crippen molar-refractivity contribution in [3.05, 3.63) is 95.1 Å². The molecule has 3 aromatic carbocycles. The maximum Gasteiger partial charge on any atom is 0.328 e. The Morgan fingerprint density at radius 1 is 0.968 bits per heavy atom. The zero-order valence-corrected chi connectivity index (χ0v) is 16.8. The number of rotatable bonds is 6. The highest BCUT2D eigenvalue weighted by molar-refractivity contribution is 5.97. The van der Waals surface area contributed by atoms with Crippen molar-refractivity contribution in [1.82, 2.24) is 5.32 Å². The van der Waals surface area contributed by atoms with Gasteiger partial charge >= 0.3 is 5.97 Å². The summed E-state index contributed by atoms with van der Waals surface area (Å²) in [5, 5.41) is 21.0. The number of amides is 1. The number of methoxy groups -OCH3 is 1. The highest BCUT2D eigenvalue weighted by Crippen LogP contribution is 2.23. The van der Waals surface area contributed by atoms with Crippen LogP contribution in [0.1, 0.15) is 27.0 Å². The van der Waals surface area contributed by atoms with E-state index in [1.807, 2.05) is 12.1 Å². The number of carbonyl (C=O) groups is 2. The molecule has 1 amide bonds. The number of benzene rings is 3. The van der Waals surface area contributed by atoms with Gasteiger partial charge in [-0.2, -0.15) is 10.5 Å². The molecule has 152 valence electrons. The molecular formula is C25H19N3O3. The molecule has 0 aromatic heterocycles. The quantitative estimate of drug-likeness (QED) is 0.627. The summed E-state index contributed by atoms with van der Waals surface area (Å²) in [6.07, 6.45) is 0.196. The van der Waals surface area contributed by atoms with Crippen LogP contribution in [0, 0.1) is 22.7 Å². The number of ether oxygens (including phenoxy) is 1. The molecule has 1 N–H and O–H groups in total. The van der Waals surface area contributed by atoms with Gasteiger partial charge in [0, 0.05) is 12.0 Å². The second-order valence-electron chi connectivity index (χ2n) is 6.80. The molecule has 0 aliphatic carbocycles. The average molecular weight is 409 g/mol. The summed E-state index contributed by atoms with van der Waals surface area (Å²) < 4.78 is 4.83. The minimum Gasteiger partial charge on any atom is -0.467 e. The summed E-state index contributed by atoms with van der Waals surface area (Å²) >= 11 is 0. The van der Waals surface area contributed by atoms with Crippen molar-refractivity contribution in [1.29, 1.82) is 10.5 Å². The largest absolute Gasteiger partial charge is 0.467 e. The topological polar surface area (TPSA) is 103 Å². The Labute approximate surface area is 180 Å². The predicted octanol–water partition coefficient (Wildman–Crippen LogP) is 3.61. The minimum atomic E-state index is -0.898. The molecule has 0 saturated heterocycles. The fourth-order valence-corrected chi connectivity index (χ4v) is 3.21. The second-order valence-corrected chi connectivity index (χ2v) is 6.80. The van der Waals surface area contributed by atoms with E-state index in [4.69, 9.17) is 10.00 Å². The van der Waals surface area contributed by atoms with Gasteiger partial charge in [0.1, 0.15) is 6.04 Å². The van der Waals surface area contributed by atoms with Crippen LogP contribution in [-0.4, -0.2) is 25.0 Å². The van der Waals surface area contributed by atoms with Crippen molar-refractivity contribution in [3.63, 3.8) is 0 Å². The van der Waals surface area contributed by atoms with E-state index in [-0.39, 0.29) is 6.42 Å². The standard InChI is InChI=1S/C25H19N3O3/c1-31-25(30)23(14-17-5-4-6-18(13-17)15-26)28-24(29)20-11-9-19(10-12-20)22-8-3-2-7-21(22)16-27/h2-13,23H,14H2,1H3,(H,28,29)/t23-/m0/s1. The maximum absolute atomic E-state index is 12.7. The Balaban J connectivity index is 1.78. The molecule has 0 aliphatic rings. The molecule has 6 heteroatoms. The van der Waals surface area contributed by atoms with E-state index in [0.29, 0.717) is 16.7 Å². The van der Waals surface area contributed by atoms with Gasteiger partial charge in [-0.25, -0.2) is 4.79 Å². The smallest absolute Gasteiger partial charge is 0.328 e. The third-order valence-corrected chi connectivity index (χ3v) is 4.79. The van der Waals surface area contributed by atoms with Gasteiger partial charge < -0.3 is 10.1 Å². The van der Waals surface area contributed by atoms with E-state index < -0.39 is 17.9 Å². The van der Waals surface area contributed by atoms with Gasteiger partial charge in [0.2, 0.25) is 0 Å². The molecular weight excluding hydrogens is 390 g/mol. The van der Waals surface area contributed by atoms with E-state index in [0.717, 1.165) is 16.7 Å². The van der Waals surface area contributed by atoms with Gasteiger partial charge in [0.05, 0.1) is 30.4 Å². The van der Waals surface area contributed by atoms with Crippen LogP contribution in [0.4, 0.5) is 0 Å². The van der Waals surface area contributed by atoms with Crippen molar-refractivity contribution in [2.24, 2.45) is 0 Å². The molecule has 3 rings (SSSR count). The van der Waals surface area contributed by atoms with E-state index in [1.165, 1.54) is 7.11 Å². The van der Waals surface area contributed by atoms with Crippen molar-refractivity contribution in [2.75, 3.05) is 7.11 Å².